The molecule has 198 valence electrons. The molecule has 1 atom stereocenters. The molecule has 3 rings (SSSR count). The van der Waals surface area contributed by atoms with Crippen LogP contribution in [0.3, 0.4) is 0 Å². The van der Waals surface area contributed by atoms with Crippen molar-refractivity contribution >= 4 is 54.5 Å². The quantitative estimate of drug-likeness (QED) is 0.294. The summed E-state index contributed by atoms with van der Waals surface area (Å²) in [4.78, 5) is 15.8. The third kappa shape index (κ3) is 11.5. The highest BCUT2D eigenvalue weighted by Gasteiger charge is 2.25. The van der Waals surface area contributed by atoms with Gasteiger partial charge in [-0.3, -0.25) is 9.62 Å². The summed E-state index contributed by atoms with van der Waals surface area (Å²) in [6.45, 7) is 5.22. The molecule has 0 radical (unpaired) electrons. The van der Waals surface area contributed by atoms with E-state index < -0.39 is 6.09 Å². The van der Waals surface area contributed by atoms with Gasteiger partial charge in [0.2, 0.25) is 0 Å². The van der Waals surface area contributed by atoms with Crippen LogP contribution in [0.15, 0.2) is 48.5 Å². The van der Waals surface area contributed by atoms with Gasteiger partial charge in [0.1, 0.15) is 5.75 Å². The average Bonchev–Trinajstić information content (AvgIpc) is 2.81. The summed E-state index contributed by atoms with van der Waals surface area (Å²) >= 11 is 7.22. The van der Waals surface area contributed by atoms with Crippen molar-refractivity contribution in [2.75, 3.05) is 45.6 Å². The van der Waals surface area contributed by atoms with Crippen molar-refractivity contribution in [3.63, 3.8) is 0 Å². The standard InChI is InChI=1S/C24H32ClN3O3S.2ClH.H2O/c1-31-22-10-6-20(7-11-22)23(12-18-32-26-24(29)30)28-16-14-27(15-17-28)13-2-3-19-4-8-21(25)9-5-19;;;/h4-11,23,26H,2-3,12-18H2,1H3,(H,29,30);2*1H;1H2. The number of ether oxygens (including phenoxy) is 1. The summed E-state index contributed by atoms with van der Waals surface area (Å²) in [6, 6.07) is 16.6. The summed E-state index contributed by atoms with van der Waals surface area (Å²) in [5.74, 6) is 1.57. The molecular weight excluding hydrogens is 533 g/mol. The third-order valence-corrected chi connectivity index (χ3v) is 6.86. The lowest BCUT2D eigenvalue weighted by Crippen LogP contribution is -2.48. The van der Waals surface area contributed by atoms with Gasteiger partial charge in [-0.25, -0.2) is 4.79 Å². The Hall–Kier alpha value is -1.39. The van der Waals surface area contributed by atoms with E-state index in [0.717, 1.165) is 68.5 Å². The summed E-state index contributed by atoms with van der Waals surface area (Å²) in [5, 5.41) is 9.60. The maximum absolute atomic E-state index is 10.7. The average molecular weight is 569 g/mol. The molecule has 1 saturated heterocycles. The zero-order valence-electron chi connectivity index (χ0n) is 19.8. The minimum atomic E-state index is -0.997. The van der Waals surface area contributed by atoms with Crippen LogP contribution in [0.4, 0.5) is 4.79 Å². The van der Waals surface area contributed by atoms with Crippen LogP contribution < -0.4 is 9.46 Å². The van der Waals surface area contributed by atoms with Crippen molar-refractivity contribution in [3.8, 4) is 5.75 Å². The smallest absolute Gasteiger partial charge is 0.414 e. The number of hydrogen-bond donors (Lipinski definition) is 2. The number of piperazine rings is 1. The number of halogens is 3. The van der Waals surface area contributed by atoms with Crippen molar-refractivity contribution in [1.82, 2.24) is 14.5 Å². The van der Waals surface area contributed by atoms with E-state index in [1.807, 2.05) is 24.3 Å². The lowest BCUT2D eigenvalue weighted by atomic mass is 10.0. The first-order chi connectivity index (χ1) is 15.5. The molecule has 1 amide bonds. The minimum Gasteiger partial charge on any atom is -0.497 e. The third-order valence-electron chi connectivity index (χ3n) is 5.85. The van der Waals surface area contributed by atoms with Crippen molar-refractivity contribution in [3.05, 3.63) is 64.7 Å². The van der Waals surface area contributed by atoms with Crippen molar-refractivity contribution < 1.29 is 20.1 Å². The molecule has 1 aliphatic rings. The molecule has 0 aliphatic carbocycles. The van der Waals surface area contributed by atoms with Crippen LogP contribution in [0.25, 0.3) is 0 Å². The highest BCUT2D eigenvalue weighted by Crippen LogP contribution is 2.28. The fourth-order valence-electron chi connectivity index (χ4n) is 4.13. The fourth-order valence-corrected chi connectivity index (χ4v) is 4.82. The number of nitrogens with zero attached hydrogens (tertiary/aromatic N) is 2. The molecule has 7 nitrogen and oxygen atoms in total. The predicted octanol–water partition coefficient (Wildman–Crippen LogP) is 4.96. The van der Waals surface area contributed by atoms with Crippen molar-refractivity contribution in [2.45, 2.75) is 25.3 Å². The summed E-state index contributed by atoms with van der Waals surface area (Å²) < 4.78 is 7.70. The van der Waals surface area contributed by atoms with Gasteiger partial charge in [-0.15, -0.1) is 24.8 Å². The second kappa shape index (κ2) is 17.9. The lowest BCUT2D eigenvalue weighted by molar-refractivity contribution is 0.0935. The van der Waals surface area contributed by atoms with E-state index in [9.17, 15) is 4.79 Å². The first-order valence-corrected chi connectivity index (χ1v) is 12.4. The van der Waals surface area contributed by atoms with Gasteiger partial charge in [0.25, 0.3) is 0 Å². The van der Waals surface area contributed by atoms with E-state index in [4.69, 9.17) is 21.4 Å². The first-order valence-electron chi connectivity index (χ1n) is 11.0. The van der Waals surface area contributed by atoms with Crippen LogP contribution >= 0.6 is 48.4 Å². The Morgan fingerprint density at radius 1 is 1.09 bits per heavy atom. The summed E-state index contributed by atoms with van der Waals surface area (Å²) in [7, 11) is 1.67. The molecule has 4 N–H and O–H groups in total. The van der Waals surface area contributed by atoms with Gasteiger partial charge in [-0.2, -0.15) is 0 Å². The Balaban J connectivity index is 0.00000385. The van der Waals surface area contributed by atoms with Gasteiger partial charge >= 0.3 is 6.09 Å². The molecule has 0 saturated carbocycles. The Morgan fingerprint density at radius 2 is 1.71 bits per heavy atom. The van der Waals surface area contributed by atoms with Crippen molar-refractivity contribution in [1.29, 1.82) is 0 Å². The Labute approximate surface area is 229 Å². The zero-order valence-corrected chi connectivity index (χ0v) is 23.0. The van der Waals surface area contributed by atoms with E-state index >= 15 is 0 Å². The minimum absolute atomic E-state index is 0. The van der Waals surface area contributed by atoms with Crippen LogP contribution in [0.2, 0.25) is 5.02 Å². The number of benzene rings is 2. The van der Waals surface area contributed by atoms with Crippen LogP contribution in [0.5, 0.6) is 5.75 Å². The van der Waals surface area contributed by atoms with Crippen LogP contribution in [0, 0.1) is 0 Å². The van der Waals surface area contributed by atoms with Crippen LogP contribution in [0.1, 0.15) is 30.0 Å². The zero-order chi connectivity index (χ0) is 22.8. The highest BCUT2D eigenvalue weighted by molar-refractivity contribution is 7.97. The van der Waals surface area contributed by atoms with Gasteiger partial charge in [-0.05, 0) is 73.1 Å². The Morgan fingerprint density at radius 3 is 2.29 bits per heavy atom. The number of methoxy groups -OCH3 is 1. The molecule has 2 aromatic rings. The molecule has 1 fully saturated rings. The second-order valence-electron chi connectivity index (χ2n) is 7.94. The van der Waals surface area contributed by atoms with Crippen molar-refractivity contribution in [2.24, 2.45) is 0 Å². The Kier molecular flexibility index (Phi) is 17.2. The highest BCUT2D eigenvalue weighted by atomic mass is 35.5. The normalized spacial score (nSPS) is 14.6. The van der Waals surface area contributed by atoms with Gasteiger partial charge in [-0.1, -0.05) is 35.9 Å². The molecule has 0 spiro atoms. The van der Waals surface area contributed by atoms with E-state index in [2.05, 4.69) is 38.8 Å². The monoisotopic (exact) mass is 567 g/mol. The van der Waals surface area contributed by atoms with E-state index in [0.29, 0.717) is 0 Å². The molecule has 0 bridgehead atoms. The summed E-state index contributed by atoms with van der Waals surface area (Å²) in [6.07, 6.45) is 2.09. The van der Waals surface area contributed by atoms with Gasteiger partial charge in [0.15, 0.2) is 0 Å². The van der Waals surface area contributed by atoms with Gasteiger partial charge in [0.05, 0.1) is 7.11 Å². The SMILES string of the molecule is COc1ccc(C(CCSNC(=O)O)N2CCN(CCCc3ccc(Cl)cc3)CC2)cc1.Cl.Cl.O. The Bertz CT molecular complexity index is 839. The van der Waals surface area contributed by atoms with E-state index in [-0.39, 0.29) is 36.3 Å². The fraction of sp³-hybridized carbons (Fsp3) is 0.458. The maximum atomic E-state index is 10.7. The molecule has 1 heterocycles. The van der Waals surface area contributed by atoms with E-state index in [1.54, 1.807) is 7.11 Å². The predicted molar refractivity (Wildman–Crippen MR) is 150 cm³/mol. The van der Waals surface area contributed by atoms with Gasteiger partial charge in [0, 0.05) is 43.0 Å². The molecule has 1 unspecified atom stereocenters. The van der Waals surface area contributed by atoms with E-state index in [1.165, 1.54) is 23.1 Å². The first kappa shape index (κ1) is 33.6. The number of amides is 1. The van der Waals surface area contributed by atoms with Crippen LogP contribution in [-0.4, -0.2) is 72.1 Å². The molecule has 0 aromatic heterocycles. The topological polar surface area (TPSA) is 96.5 Å². The molecule has 11 heteroatoms. The maximum Gasteiger partial charge on any atom is 0.414 e. The number of carboxylic acid groups (broad SMARTS) is 1. The number of nitrogens with one attached hydrogen (secondary N) is 1. The van der Waals surface area contributed by atoms with Gasteiger partial charge < -0.3 is 20.2 Å². The molecular formula is C24H36Cl3N3O4S. The largest absolute Gasteiger partial charge is 0.497 e. The molecule has 1 aliphatic heterocycles. The molecule has 2 aromatic carbocycles. The second-order valence-corrected chi connectivity index (χ2v) is 9.28. The number of carbonyl (C=O) groups is 1. The molecule has 35 heavy (non-hydrogen) atoms. The number of rotatable bonds is 11. The number of aryl methyl sites for hydroxylation is 1. The van der Waals surface area contributed by atoms with Crippen LogP contribution in [-0.2, 0) is 6.42 Å². The summed E-state index contributed by atoms with van der Waals surface area (Å²) in [5.41, 5.74) is 2.58. The lowest BCUT2D eigenvalue weighted by Gasteiger charge is -2.39. The number of hydrogen-bond acceptors (Lipinski definition) is 5.